The van der Waals surface area contributed by atoms with Crippen LogP contribution in [-0.4, -0.2) is 38.0 Å². The third kappa shape index (κ3) is 6.45. The van der Waals surface area contributed by atoms with E-state index in [1.807, 2.05) is 44.2 Å². The molecule has 1 aliphatic heterocycles. The molecule has 0 amide bonds. The van der Waals surface area contributed by atoms with Crippen LogP contribution < -0.4 is 9.46 Å². The van der Waals surface area contributed by atoms with Crippen LogP contribution in [0, 0.1) is 20.8 Å². The Morgan fingerprint density at radius 3 is 2.35 bits per heavy atom. The van der Waals surface area contributed by atoms with Crippen LogP contribution in [0.5, 0.6) is 5.75 Å². The Hall–Kier alpha value is -3.07. The van der Waals surface area contributed by atoms with E-state index in [0.717, 1.165) is 47.1 Å². The number of sulfonamides is 1. The van der Waals surface area contributed by atoms with Gasteiger partial charge in [0.15, 0.2) is 6.10 Å². The normalized spacial score (nSPS) is 14.3. The van der Waals surface area contributed by atoms with Crippen LogP contribution in [-0.2, 0) is 26.0 Å². The minimum atomic E-state index is -3.74. The van der Waals surface area contributed by atoms with Crippen LogP contribution in [0.4, 0.5) is 5.69 Å². The smallest absolute Gasteiger partial charge is 0.337 e. The lowest BCUT2D eigenvalue weighted by Crippen LogP contribution is -2.29. The molecule has 3 aromatic carbocycles. The summed E-state index contributed by atoms with van der Waals surface area (Å²) in [5, 5.41) is 11.0. The molecule has 4 rings (SSSR count). The second-order valence-electron chi connectivity index (χ2n) is 11.4. The molecule has 1 aliphatic rings. The van der Waals surface area contributed by atoms with Crippen molar-refractivity contribution in [3.63, 3.8) is 0 Å². The van der Waals surface area contributed by atoms with E-state index in [1.165, 1.54) is 0 Å². The van der Waals surface area contributed by atoms with Gasteiger partial charge < -0.3 is 14.6 Å². The van der Waals surface area contributed by atoms with Crippen molar-refractivity contribution >= 4 is 33.3 Å². The summed E-state index contributed by atoms with van der Waals surface area (Å²) < 4.78 is 39.9. The van der Waals surface area contributed by atoms with E-state index in [0.29, 0.717) is 45.1 Å². The van der Waals surface area contributed by atoms with Gasteiger partial charge in [-0.05, 0) is 118 Å². The number of carbonyl (C=O) groups is 1. The number of carboxylic acids is 1. The highest BCUT2D eigenvalue weighted by molar-refractivity contribution is 7.92. The zero-order valence-electron chi connectivity index (χ0n) is 23.9. The summed E-state index contributed by atoms with van der Waals surface area (Å²) in [6.07, 6.45) is 1.44. The first-order valence-electron chi connectivity index (χ1n) is 13.1. The van der Waals surface area contributed by atoms with Gasteiger partial charge in [0.1, 0.15) is 5.75 Å². The lowest BCUT2D eigenvalue weighted by Gasteiger charge is -2.31. The molecule has 214 valence electrons. The number of aryl methyl sites for hydroxylation is 2. The van der Waals surface area contributed by atoms with Gasteiger partial charge in [-0.2, -0.15) is 0 Å². The lowest BCUT2D eigenvalue weighted by molar-refractivity contribution is -0.160. The molecule has 0 saturated heterocycles. The van der Waals surface area contributed by atoms with E-state index in [-0.39, 0.29) is 0 Å². The fourth-order valence-electron chi connectivity index (χ4n) is 5.38. The van der Waals surface area contributed by atoms with Crippen molar-refractivity contribution in [2.75, 3.05) is 17.6 Å². The van der Waals surface area contributed by atoms with Crippen LogP contribution in [0.25, 0.3) is 22.3 Å². The van der Waals surface area contributed by atoms with Crippen LogP contribution in [0.1, 0.15) is 61.1 Å². The molecule has 2 N–H and O–H groups in total. The molecule has 0 bridgehead atoms. The van der Waals surface area contributed by atoms with Gasteiger partial charge in [-0.25, -0.2) is 13.2 Å². The summed E-state index contributed by atoms with van der Waals surface area (Å²) >= 11 is 6.46. The zero-order valence-corrected chi connectivity index (χ0v) is 25.5. The number of halogens is 1. The van der Waals surface area contributed by atoms with Crippen molar-refractivity contribution in [1.82, 2.24) is 0 Å². The van der Waals surface area contributed by atoms with Gasteiger partial charge in [0, 0.05) is 16.1 Å². The third-order valence-corrected chi connectivity index (χ3v) is 7.61. The molecule has 9 heteroatoms. The van der Waals surface area contributed by atoms with E-state index in [9.17, 15) is 18.3 Å². The van der Waals surface area contributed by atoms with Gasteiger partial charge in [0.2, 0.25) is 10.0 Å². The van der Waals surface area contributed by atoms with Crippen molar-refractivity contribution in [3.05, 3.63) is 69.2 Å². The Morgan fingerprint density at radius 1 is 1.05 bits per heavy atom. The summed E-state index contributed by atoms with van der Waals surface area (Å²) in [6.45, 7) is 11.6. The SMILES string of the molecule is Cc1cc(Cl)cc(-c2c(C)c(-c3ccc4c(c3)CCCO4)c(C(OC(C)(C)C)C(=O)O)c(C)c2NS(C)(=O)=O)c1. The Balaban J connectivity index is 2.18. The van der Waals surface area contributed by atoms with E-state index < -0.39 is 27.7 Å². The van der Waals surface area contributed by atoms with Crippen LogP contribution in [0.15, 0.2) is 36.4 Å². The topological polar surface area (TPSA) is 102 Å². The molecule has 1 atom stereocenters. The molecule has 3 aromatic rings. The van der Waals surface area contributed by atoms with Crippen molar-refractivity contribution < 1.29 is 27.8 Å². The van der Waals surface area contributed by atoms with Gasteiger partial charge in [-0.3, -0.25) is 4.72 Å². The van der Waals surface area contributed by atoms with Crippen LogP contribution >= 0.6 is 11.6 Å². The summed E-state index contributed by atoms with van der Waals surface area (Å²) in [5.41, 5.74) is 5.82. The van der Waals surface area contributed by atoms with Gasteiger partial charge in [0.05, 0.1) is 24.2 Å². The van der Waals surface area contributed by atoms with E-state index in [1.54, 1.807) is 33.8 Å². The van der Waals surface area contributed by atoms with Crippen LogP contribution in [0.3, 0.4) is 0 Å². The molecule has 0 spiro atoms. The third-order valence-electron chi connectivity index (χ3n) is 6.82. The number of rotatable bonds is 7. The number of anilines is 1. The number of fused-ring (bicyclic) bond motifs is 1. The van der Waals surface area contributed by atoms with Gasteiger partial charge >= 0.3 is 5.97 Å². The number of hydrogen-bond donors (Lipinski definition) is 2. The highest BCUT2D eigenvalue weighted by Crippen LogP contribution is 2.48. The largest absolute Gasteiger partial charge is 0.493 e. The maximum Gasteiger partial charge on any atom is 0.337 e. The van der Waals surface area contributed by atoms with Gasteiger partial charge in [0.25, 0.3) is 0 Å². The summed E-state index contributed by atoms with van der Waals surface area (Å²) in [5.74, 6) is -0.357. The predicted molar refractivity (Wildman–Crippen MR) is 160 cm³/mol. The standard InChI is InChI=1S/C31H36ClNO6S/c1-17-13-22(16-23(32)14-17)26-18(2)25(21-10-11-24-20(15-21)9-8-12-38-24)27(19(3)28(26)33-40(7,36)37)29(30(34)35)39-31(4,5)6/h10-11,13-16,29,33H,8-9,12H2,1-7H3,(H,34,35). The number of carboxylic acid groups (broad SMARTS) is 1. The molecular formula is C31H36ClNO6S. The van der Waals surface area contributed by atoms with E-state index in [2.05, 4.69) is 4.72 Å². The Bertz CT molecular complexity index is 1570. The second kappa shape index (κ2) is 11.1. The lowest BCUT2D eigenvalue weighted by atomic mass is 9.82. The number of benzene rings is 3. The minimum absolute atomic E-state index is 0.297. The van der Waals surface area contributed by atoms with Crippen molar-refractivity contribution in [2.45, 2.75) is 66.1 Å². The van der Waals surface area contributed by atoms with Crippen molar-refractivity contribution in [1.29, 1.82) is 0 Å². The van der Waals surface area contributed by atoms with Crippen molar-refractivity contribution in [2.24, 2.45) is 0 Å². The molecule has 1 unspecified atom stereocenters. The van der Waals surface area contributed by atoms with Crippen LogP contribution in [0.2, 0.25) is 5.02 Å². The summed E-state index contributed by atoms with van der Waals surface area (Å²) in [6, 6.07) is 11.4. The average Bonchev–Trinajstić information content (AvgIpc) is 2.82. The maximum absolute atomic E-state index is 12.8. The Labute approximate surface area is 241 Å². The number of nitrogens with one attached hydrogen (secondary N) is 1. The Kier molecular flexibility index (Phi) is 8.28. The molecule has 1 heterocycles. The maximum atomic E-state index is 12.8. The predicted octanol–water partition coefficient (Wildman–Crippen LogP) is 7.24. The average molecular weight is 586 g/mol. The quantitative estimate of drug-likeness (QED) is 0.303. The molecule has 0 aromatic heterocycles. The van der Waals surface area contributed by atoms with Crippen molar-refractivity contribution in [3.8, 4) is 28.0 Å². The molecular weight excluding hydrogens is 550 g/mol. The minimum Gasteiger partial charge on any atom is -0.493 e. The fraction of sp³-hybridized carbons (Fsp3) is 0.387. The molecule has 7 nitrogen and oxygen atoms in total. The zero-order chi connectivity index (χ0) is 29.6. The monoisotopic (exact) mass is 585 g/mol. The molecule has 0 fully saturated rings. The van der Waals surface area contributed by atoms with E-state index in [4.69, 9.17) is 21.1 Å². The number of ether oxygens (including phenoxy) is 2. The molecule has 0 aliphatic carbocycles. The highest BCUT2D eigenvalue weighted by Gasteiger charge is 2.34. The Morgan fingerprint density at radius 2 is 1.75 bits per heavy atom. The first-order valence-corrected chi connectivity index (χ1v) is 15.4. The molecule has 40 heavy (non-hydrogen) atoms. The number of aliphatic carboxylic acids is 1. The van der Waals surface area contributed by atoms with E-state index >= 15 is 0 Å². The summed E-state index contributed by atoms with van der Waals surface area (Å²) in [7, 11) is -3.74. The highest BCUT2D eigenvalue weighted by atomic mass is 35.5. The first-order chi connectivity index (χ1) is 18.6. The molecule has 0 saturated carbocycles. The second-order valence-corrected chi connectivity index (χ2v) is 13.6. The fourth-order valence-corrected chi connectivity index (χ4v) is 6.30. The van der Waals surface area contributed by atoms with Gasteiger partial charge in [-0.15, -0.1) is 0 Å². The summed E-state index contributed by atoms with van der Waals surface area (Å²) in [4.78, 5) is 12.8. The van der Waals surface area contributed by atoms with Gasteiger partial charge in [-0.1, -0.05) is 23.7 Å². The number of hydrogen-bond acceptors (Lipinski definition) is 5. The molecule has 0 radical (unpaired) electrons. The first kappa shape index (κ1) is 29.9.